The summed E-state index contributed by atoms with van der Waals surface area (Å²) < 4.78 is 0. The van der Waals surface area contributed by atoms with Crippen molar-refractivity contribution in [3.8, 4) is 11.3 Å². The molecule has 0 saturated heterocycles. The van der Waals surface area contributed by atoms with Crippen LogP contribution in [0.4, 0.5) is 0 Å². The highest BCUT2D eigenvalue weighted by atomic mass is 35.5. The molecule has 2 aromatic heterocycles. The van der Waals surface area contributed by atoms with Crippen molar-refractivity contribution < 1.29 is 0 Å². The smallest absolute Gasteiger partial charge is 0.0664 e. The molecular weight excluding hydrogens is 184 g/mol. The zero-order valence-electron chi connectivity index (χ0n) is 7.21. The minimum absolute atomic E-state index is 0.753. The highest BCUT2D eigenvalue weighted by molar-refractivity contribution is 6.33. The molecular formula is C10H9ClN2. The van der Waals surface area contributed by atoms with E-state index in [4.69, 9.17) is 11.6 Å². The first-order valence-electron chi connectivity index (χ1n) is 4.03. The summed E-state index contributed by atoms with van der Waals surface area (Å²) in [5.74, 6) is 0. The number of rotatable bonds is 1. The maximum absolute atomic E-state index is 6.03. The Hall–Kier alpha value is -1.28. The van der Waals surface area contributed by atoms with Crippen LogP contribution in [0.5, 0.6) is 0 Å². The summed E-state index contributed by atoms with van der Waals surface area (Å²) >= 11 is 6.03. The van der Waals surface area contributed by atoms with Gasteiger partial charge in [0.2, 0.25) is 0 Å². The van der Waals surface area contributed by atoms with Crippen LogP contribution in [0.15, 0.2) is 30.6 Å². The van der Waals surface area contributed by atoms with Crippen LogP contribution in [0.2, 0.25) is 5.02 Å². The number of nitrogens with one attached hydrogen (secondary N) is 1. The molecule has 0 fully saturated rings. The molecule has 0 aliphatic rings. The number of hydrogen-bond acceptors (Lipinski definition) is 1. The number of H-pyrrole nitrogens is 1. The number of pyridine rings is 1. The standard InChI is InChI=1S/C10H9ClN2/c1-7-6-9(11)10(13-7)8-2-4-12-5-3-8/h2-6,13H,1H3. The lowest BCUT2D eigenvalue weighted by molar-refractivity contribution is 1.26. The first-order valence-corrected chi connectivity index (χ1v) is 4.40. The van der Waals surface area contributed by atoms with Gasteiger partial charge in [0, 0.05) is 23.7 Å². The number of aromatic nitrogens is 2. The van der Waals surface area contributed by atoms with E-state index < -0.39 is 0 Å². The Labute approximate surface area is 81.6 Å². The predicted molar refractivity (Wildman–Crippen MR) is 53.8 cm³/mol. The fraction of sp³-hybridized carbons (Fsp3) is 0.100. The first-order chi connectivity index (χ1) is 6.27. The average molecular weight is 193 g/mol. The molecule has 0 aliphatic carbocycles. The third-order valence-electron chi connectivity index (χ3n) is 1.87. The van der Waals surface area contributed by atoms with Gasteiger partial charge in [-0.2, -0.15) is 0 Å². The predicted octanol–water partition coefficient (Wildman–Crippen LogP) is 3.04. The van der Waals surface area contributed by atoms with Crippen molar-refractivity contribution in [2.24, 2.45) is 0 Å². The lowest BCUT2D eigenvalue weighted by atomic mass is 10.2. The van der Waals surface area contributed by atoms with Gasteiger partial charge in [0.15, 0.2) is 0 Å². The minimum atomic E-state index is 0.753. The summed E-state index contributed by atoms with van der Waals surface area (Å²) in [6, 6.07) is 5.77. The molecule has 0 atom stereocenters. The van der Waals surface area contributed by atoms with Crippen molar-refractivity contribution in [1.82, 2.24) is 9.97 Å². The molecule has 13 heavy (non-hydrogen) atoms. The van der Waals surface area contributed by atoms with Crippen molar-refractivity contribution in [3.05, 3.63) is 41.3 Å². The average Bonchev–Trinajstić information content (AvgIpc) is 2.47. The second kappa shape index (κ2) is 3.23. The number of halogens is 1. The van der Waals surface area contributed by atoms with Crippen LogP contribution in [0, 0.1) is 6.92 Å². The zero-order valence-corrected chi connectivity index (χ0v) is 7.97. The lowest BCUT2D eigenvalue weighted by Crippen LogP contribution is -1.79. The van der Waals surface area contributed by atoms with Crippen molar-refractivity contribution in [2.75, 3.05) is 0 Å². The van der Waals surface area contributed by atoms with Crippen molar-refractivity contribution >= 4 is 11.6 Å². The van der Waals surface area contributed by atoms with Gasteiger partial charge < -0.3 is 4.98 Å². The Morgan fingerprint density at radius 2 is 2.00 bits per heavy atom. The van der Waals surface area contributed by atoms with E-state index in [1.54, 1.807) is 12.4 Å². The maximum atomic E-state index is 6.03. The molecule has 1 N–H and O–H groups in total. The molecule has 2 nitrogen and oxygen atoms in total. The van der Waals surface area contributed by atoms with E-state index in [2.05, 4.69) is 9.97 Å². The highest BCUT2D eigenvalue weighted by Gasteiger charge is 2.04. The molecule has 0 aliphatic heterocycles. The number of aromatic amines is 1. The zero-order chi connectivity index (χ0) is 9.26. The Bertz CT molecular complexity index is 406. The van der Waals surface area contributed by atoms with Crippen LogP contribution in [0.25, 0.3) is 11.3 Å². The van der Waals surface area contributed by atoms with Gasteiger partial charge in [-0.1, -0.05) is 11.6 Å². The van der Waals surface area contributed by atoms with Crippen molar-refractivity contribution in [3.63, 3.8) is 0 Å². The number of nitrogens with zero attached hydrogens (tertiary/aromatic N) is 1. The Kier molecular flexibility index (Phi) is 2.07. The lowest BCUT2D eigenvalue weighted by Gasteiger charge is -1.97. The number of hydrogen-bond donors (Lipinski definition) is 1. The molecule has 2 aromatic rings. The third kappa shape index (κ3) is 1.58. The van der Waals surface area contributed by atoms with Crippen LogP contribution < -0.4 is 0 Å². The van der Waals surface area contributed by atoms with Gasteiger partial charge in [0.1, 0.15) is 0 Å². The topological polar surface area (TPSA) is 28.7 Å². The summed E-state index contributed by atoms with van der Waals surface area (Å²) in [6.07, 6.45) is 3.50. The monoisotopic (exact) mass is 192 g/mol. The van der Waals surface area contributed by atoms with E-state index in [1.165, 1.54) is 0 Å². The fourth-order valence-electron chi connectivity index (χ4n) is 1.28. The summed E-state index contributed by atoms with van der Waals surface area (Å²) in [7, 11) is 0. The molecule has 2 rings (SSSR count). The fourth-order valence-corrected chi connectivity index (χ4v) is 1.60. The Balaban J connectivity index is 2.53. The van der Waals surface area contributed by atoms with Crippen LogP contribution in [-0.4, -0.2) is 9.97 Å². The number of aryl methyl sites for hydroxylation is 1. The van der Waals surface area contributed by atoms with E-state index in [-0.39, 0.29) is 0 Å². The molecule has 3 heteroatoms. The second-order valence-corrected chi connectivity index (χ2v) is 3.32. The molecule has 0 spiro atoms. The van der Waals surface area contributed by atoms with Gasteiger partial charge >= 0.3 is 0 Å². The summed E-state index contributed by atoms with van der Waals surface area (Å²) in [5.41, 5.74) is 3.09. The van der Waals surface area contributed by atoms with Crippen LogP contribution in [-0.2, 0) is 0 Å². The molecule has 0 amide bonds. The molecule has 2 heterocycles. The molecule has 0 bridgehead atoms. The Morgan fingerprint density at radius 1 is 1.31 bits per heavy atom. The van der Waals surface area contributed by atoms with Crippen LogP contribution in [0.1, 0.15) is 5.69 Å². The van der Waals surface area contributed by atoms with Crippen LogP contribution in [0.3, 0.4) is 0 Å². The molecule has 66 valence electrons. The van der Waals surface area contributed by atoms with E-state index in [1.807, 2.05) is 25.1 Å². The quantitative estimate of drug-likeness (QED) is 0.739. The molecule has 0 aromatic carbocycles. The van der Waals surface area contributed by atoms with Gasteiger partial charge in [-0.05, 0) is 25.1 Å². The van der Waals surface area contributed by atoms with Crippen LogP contribution >= 0.6 is 11.6 Å². The first kappa shape index (κ1) is 8.32. The maximum Gasteiger partial charge on any atom is 0.0664 e. The normalized spacial score (nSPS) is 10.3. The summed E-state index contributed by atoms with van der Waals surface area (Å²) in [5, 5.41) is 0.753. The second-order valence-electron chi connectivity index (χ2n) is 2.91. The van der Waals surface area contributed by atoms with Gasteiger partial charge in [0.05, 0.1) is 10.7 Å². The van der Waals surface area contributed by atoms with Gasteiger partial charge in [-0.15, -0.1) is 0 Å². The third-order valence-corrected chi connectivity index (χ3v) is 2.17. The Morgan fingerprint density at radius 3 is 2.54 bits per heavy atom. The van der Waals surface area contributed by atoms with Crippen molar-refractivity contribution in [2.45, 2.75) is 6.92 Å². The minimum Gasteiger partial charge on any atom is -0.357 e. The van der Waals surface area contributed by atoms with E-state index >= 15 is 0 Å². The van der Waals surface area contributed by atoms with E-state index in [9.17, 15) is 0 Å². The SMILES string of the molecule is Cc1cc(Cl)c(-c2ccncc2)[nH]1. The van der Waals surface area contributed by atoms with E-state index in [0.717, 1.165) is 22.0 Å². The van der Waals surface area contributed by atoms with Gasteiger partial charge in [0.25, 0.3) is 0 Å². The summed E-state index contributed by atoms with van der Waals surface area (Å²) in [6.45, 7) is 1.98. The van der Waals surface area contributed by atoms with E-state index in [0.29, 0.717) is 0 Å². The van der Waals surface area contributed by atoms with Gasteiger partial charge in [-0.3, -0.25) is 4.98 Å². The summed E-state index contributed by atoms with van der Waals surface area (Å²) in [4.78, 5) is 7.15. The molecule has 0 radical (unpaired) electrons. The highest BCUT2D eigenvalue weighted by Crippen LogP contribution is 2.26. The molecule has 0 saturated carbocycles. The van der Waals surface area contributed by atoms with Gasteiger partial charge in [-0.25, -0.2) is 0 Å². The largest absolute Gasteiger partial charge is 0.357 e. The molecule has 0 unspecified atom stereocenters. The van der Waals surface area contributed by atoms with Crippen molar-refractivity contribution in [1.29, 1.82) is 0 Å².